The summed E-state index contributed by atoms with van der Waals surface area (Å²) in [7, 11) is 0. The summed E-state index contributed by atoms with van der Waals surface area (Å²) in [4.78, 5) is 14.9. The highest BCUT2D eigenvalue weighted by Gasteiger charge is 2.07. The highest BCUT2D eigenvalue weighted by Crippen LogP contribution is 2.22. The van der Waals surface area contributed by atoms with Crippen molar-refractivity contribution in [3.05, 3.63) is 35.9 Å². The Labute approximate surface area is 88.0 Å². The number of aromatic carboxylic acids is 1. The third-order valence-corrected chi connectivity index (χ3v) is 1.55. The molecule has 2 N–H and O–H groups in total. The zero-order valence-electron chi connectivity index (χ0n) is 12.7. The van der Waals surface area contributed by atoms with E-state index >= 15 is 0 Å². The van der Waals surface area contributed by atoms with Crippen LogP contribution in [0.3, 0.4) is 0 Å². The second-order valence-corrected chi connectivity index (χ2v) is 2.45. The molecule has 1 aromatic carbocycles. The highest BCUT2D eigenvalue weighted by molar-refractivity contribution is 5.91. The number of hydrogen-bond donors (Lipinski definition) is 2. The molecule has 0 radical (unpaired) electrons. The van der Waals surface area contributed by atoms with Crippen LogP contribution >= 0.6 is 0 Å². The predicted octanol–water partition coefficient (Wildman–Crippen LogP) is 1.64. The molecule has 1 aromatic heterocycles. The Morgan fingerprint density at radius 2 is 2.29 bits per heavy atom. The van der Waals surface area contributed by atoms with Crippen LogP contribution in [0.4, 0.5) is 0 Å². The average molecular weight is 195 g/mol. The molecule has 0 saturated heterocycles. The minimum absolute atomic E-state index is 0.310. The molecule has 0 aliphatic rings. The van der Waals surface area contributed by atoms with Crippen molar-refractivity contribution in [3.63, 3.8) is 0 Å². The van der Waals surface area contributed by atoms with Crippen molar-refractivity contribution in [3.8, 4) is 5.75 Å². The van der Waals surface area contributed by atoms with Gasteiger partial charge in [-0.2, -0.15) is 0 Å². The summed E-state index contributed by atoms with van der Waals surface area (Å²) >= 11 is 0. The van der Waals surface area contributed by atoms with E-state index in [9.17, 15) is 9.90 Å². The first-order valence-corrected chi connectivity index (χ1v) is 3.58. The van der Waals surface area contributed by atoms with E-state index in [0.29, 0.717) is 0 Å². The topological polar surface area (TPSA) is 70.4 Å². The first kappa shape index (κ1) is 3.96. The Hall–Kier alpha value is -2.10. The minimum atomic E-state index is -1.29. The lowest BCUT2D eigenvalue weighted by Crippen LogP contribution is -1.99. The van der Waals surface area contributed by atoms with Crippen LogP contribution in [0.1, 0.15) is 17.3 Å². The van der Waals surface area contributed by atoms with Gasteiger partial charge in [0.2, 0.25) is 0 Å². The van der Waals surface area contributed by atoms with Gasteiger partial charge in [0.1, 0.15) is 17.0 Å². The Bertz CT molecular complexity index is 748. The van der Waals surface area contributed by atoms with Gasteiger partial charge in [-0.05, 0) is 12.1 Å². The molecular formula is C10H7NO3. The zero-order chi connectivity index (χ0) is 15.2. The molecular weight excluding hydrogens is 182 g/mol. The summed E-state index contributed by atoms with van der Waals surface area (Å²) in [5, 5.41) is 13.1. The molecule has 0 aliphatic carbocycles. The number of fused-ring (bicyclic) bond motifs is 1. The molecule has 0 fully saturated rings. The maximum absolute atomic E-state index is 11.3. The number of phenols is 1. The number of aromatic hydroxyl groups is 1. The number of benzene rings is 1. The fourth-order valence-electron chi connectivity index (χ4n) is 0.947. The largest absolute Gasteiger partial charge is 0.506 e. The molecule has 0 spiro atoms. The molecule has 4 nitrogen and oxygen atoms in total. The van der Waals surface area contributed by atoms with Crippen LogP contribution in [0.15, 0.2) is 30.2 Å². The minimum Gasteiger partial charge on any atom is -0.506 e. The van der Waals surface area contributed by atoms with E-state index in [1.165, 1.54) is 0 Å². The van der Waals surface area contributed by atoms with Crippen molar-refractivity contribution in [1.29, 1.82) is 1.43 Å². The number of nitrogens with zero attached hydrogens (tertiary/aromatic N) is 1. The van der Waals surface area contributed by atoms with Crippen LogP contribution in [0, 0.1) is 0 Å². The maximum Gasteiger partial charge on any atom is 0.354 e. The number of para-hydroxylation sites is 1. The third kappa shape index (κ3) is 1.26. The Morgan fingerprint density at radius 3 is 3.07 bits per heavy atom. The van der Waals surface area contributed by atoms with E-state index in [2.05, 4.69) is 10.1 Å². The molecule has 4 heteroatoms. The van der Waals surface area contributed by atoms with Crippen molar-refractivity contribution in [2.45, 2.75) is 0 Å². The van der Waals surface area contributed by atoms with E-state index in [1.807, 2.05) is 0 Å². The molecule has 0 atom stereocenters. The summed E-state index contributed by atoms with van der Waals surface area (Å²) < 4.78 is 44.4. The van der Waals surface area contributed by atoms with Gasteiger partial charge < -0.3 is 10.2 Å². The molecule has 0 saturated carbocycles. The van der Waals surface area contributed by atoms with Crippen molar-refractivity contribution in [2.24, 2.45) is 0 Å². The molecule has 70 valence electrons. The van der Waals surface area contributed by atoms with E-state index in [-0.39, 0.29) is 5.39 Å². The van der Waals surface area contributed by atoms with E-state index < -0.39 is 53.1 Å². The van der Waals surface area contributed by atoms with Gasteiger partial charge in [0.15, 0.2) is 0 Å². The number of aromatic nitrogens is 1. The predicted molar refractivity (Wildman–Crippen MR) is 50.4 cm³/mol. The SMILES string of the molecule is [2H]OC(=O)c1nc2c(O)c([2H])c([2H])c([2H])c2c([2H])c1[2H]. The van der Waals surface area contributed by atoms with Crippen LogP contribution in [-0.4, -0.2) is 21.2 Å². The van der Waals surface area contributed by atoms with Gasteiger partial charge in [-0.15, -0.1) is 0 Å². The molecule has 2 aromatic rings. The van der Waals surface area contributed by atoms with Crippen molar-refractivity contribution < 1.29 is 21.9 Å². The molecule has 0 unspecified atom stereocenters. The van der Waals surface area contributed by atoms with Gasteiger partial charge in [-0.3, -0.25) is 0 Å². The van der Waals surface area contributed by atoms with E-state index in [4.69, 9.17) is 8.28 Å². The van der Waals surface area contributed by atoms with Gasteiger partial charge in [0.05, 0.1) is 6.85 Å². The Morgan fingerprint density at radius 1 is 1.43 bits per heavy atom. The summed E-state index contributed by atoms with van der Waals surface area (Å²) in [5.41, 5.74) is -1.10. The standard InChI is InChI=1S/C10H7NO3/c12-8-3-1-2-6-4-5-7(10(13)14)11-9(6)8/h1-5,12H,(H,13,14)/i1D,2D,3D,4D,5D/hD. The van der Waals surface area contributed by atoms with Gasteiger partial charge in [0.25, 0.3) is 1.43 Å². The lowest BCUT2D eigenvalue weighted by Gasteiger charge is -2.00. The number of pyridine rings is 1. The summed E-state index contributed by atoms with van der Waals surface area (Å²) in [6, 6.07) is -3.11. The molecule has 2 rings (SSSR count). The smallest absolute Gasteiger partial charge is 0.354 e. The Balaban J connectivity index is 3.02. The molecule has 14 heavy (non-hydrogen) atoms. The number of hydrogen-bond acceptors (Lipinski definition) is 4. The molecule has 0 bridgehead atoms. The number of carboxylic acid groups (broad SMARTS) is 1. The van der Waals surface area contributed by atoms with Crippen LogP contribution in [0.5, 0.6) is 5.75 Å². The molecule has 0 amide bonds. The molecule has 1 heterocycles. The van der Waals surface area contributed by atoms with Gasteiger partial charge in [0, 0.05) is 5.39 Å². The fraction of sp³-hybridized carbons (Fsp3) is 0. The first-order valence-electron chi connectivity index (χ1n) is 6.49. The lowest BCUT2D eigenvalue weighted by atomic mass is 10.2. The van der Waals surface area contributed by atoms with E-state index in [1.54, 1.807) is 0 Å². The Kier molecular flexibility index (Phi) is 0.846. The van der Waals surface area contributed by atoms with Gasteiger partial charge in [-0.1, -0.05) is 18.1 Å². The third-order valence-electron chi connectivity index (χ3n) is 1.55. The van der Waals surface area contributed by atoms with Gasteiger partial charge in [-0.25, -0.2) is 9.78 Å². The second kappa shape index (κ2) is 2.99. The van der Waals surface area contributed by atoms with Crippen LogP contribution < -0.4 is 0 Å². The van der Waals surface area contributed by atoms with Crippen molar-refractivity contribution in [2.75, 3.05) is 0 Å². The quantitative estimate of drug-likeness (QED) is 0.725. The van der Waals surface area contributed by atoms with Crippen LogP contribution in [-0.2, 0) is 0 Å². The first-order chi connectivity index (χ1) is 9.31. The summed E-state index contributed by atoms with van der Waals surface area (Å²) in [6.07, 6.45) is 0. The zero-order valence-corrected chi connectivity index (χ0v) is 6.71. The summed E-state index contributed by atoms with van der Waals surface area (Å²) in [6.45, 7) is 0. The monoisotopic (exact) mass is 195 g/mol. The molecule has 0 aliphatic heterocycles. The number of rotatable bonds is 1. The number of phenolic OH excluding ortho intramolecular Hbond substituents is 1. The van der Waals surface area contributed by atoms with Crippen LogP contribution in [0.2, 0.25) is 0 Å². The maximum atomic E-state index is 11.3. The summed E-state index contributed by atoms with van der Waals surface area (Å²) in [5.74, 6) is -2.06. The number of carboxylic acids is 1. The van der Waals surface area contributed by atoms with Crippen molar-refractivity contribution >= 4 is 16.9 Å². The fourth-order valence-corrected chi connectivity index (χ4v) is 0.947. The second-order valence-electron chi connectivity index (χ2n) is 2.45. The van der Waals surface area contributed by atoms with Crippen molar-refractivity contribution in [1.82, 2.24) is 4.98 Å². The average Bonchev–Trinajstić information content (AvgIpc) is 2.44. The normalized spacial score (nSPS) is 16.0. The highest BCUT2D eigenvalue weighted by atomic mass is 16.4. The lowest BCUT2D eigenvalue weighted by molar-refractivity contribution is 0.0691. The number of carbonyl (C=O) groups is 1. The van der Waals surface area contributed by atoms with Gasteiger partial charge >= 0.3 is 5.97 Å². The van der Waals surface area contributed by atoms with E-state index in [0.717, 1.165) is 0 Å². The van der Waals surface area contributed by atoms with Crippen LogP contribution in [0.25, 0.3) is 12.3 Å².